The van der Waals surface area contributed by atoms with Crippen molar-refractivity contribution in [3.63, 3.8) is 0 Å². The van der Waals surface area contributed by atoms with Crippen LogP contribution in [0.5, 0.6) is 0 Å². The minimum Gasteiger partial charge on any atom is -0.396 e. The van der Waals surface area contributed by atoms with Gasteiger partial charge in [0.1, 0.15) is 18.1 Å². The largest absolute Gasteiger partial charge is 0.396 e. The van der Waals surface area contributed by atoms with Gasteiger partial charge >= 0.3 is 0 Å². The average Bonchev–Trinajstić information content (AvgIpc) is 2.85. The minimum absolute atomic E-state index is 0.0518. The molecule has 0 radical (unpaired) electrons. The number of anilines is 1. The van der Waals surface area contributed by atoms with E-state index in [-0.39, 0.29) is 30.4 Å². The second-order valence-electron chi connectivity index (χ2n) is 5.57. The second-order valence-corrected chi connectivity index (χ2v) is 5.57. The molecule has 106 valence electrons. The molecule has 1 aliphatic heterocycles. The van der Waals surface area contributed by atoms with Crippen molar-refractivity contribution in [2.24, 2.45) is 11.8 Å². The molecule has 0 bridgehead atoms. The zero-order valence-corrected chi connectivity index (χ0v) is 10.8. The van der Waals surface area contributed by atoms with Crippen molar-refractivity contribution in [3.8, 4) is 0 Å². The number of aromatic nitrogens is 4. The van der Waals surface area contributed by atoms with Crippen molar-refractivity contribution >= 4 is 11.5 Å². The third-order valence-corrected chi connectivity index (χ3v) is 4.39. The van der Waals surface area contributed by atoms with Gasteiger partial charge in [0.15, 0.2) is 11.5 Å². The first-order valence-electron chi connectivity index (χ1n) is 6.45. The Morgan fingerprint density at radius 3 is 3.00 bits per heavy atom. The first-order valence-corrected chi connectivity index (χ1v) is 6.45. The number of fused-ring (bicyclic) bond motifs is 2. The number of imidazole rings is 1. The zero-order valence-electron chi connectivity index (χ0n) is 10.8. The van der Waals surface area contributed by atoms with Gasteiger partial charge in [-0.25, -0.2) is 18.9 Å². The predicted molar refractivity (Wildman–Crippen MR) is 66.4 cm³/mol. The number of nitrogens with zero attached hydrogens (tertiary/aromatic N) is 4. The summed E-state index contributed by atoms with van der Waals surface area (Å²) in [6, 6.07) is 0. The summed E-state index contributed by atoms with van der Waals surface area (Å²) in [5.74, 6) is -0.148. The summed E-state index contributed by atoms with van der Waals surface area (Å²) in [7, 11) is 0. The Bertz CT molecular complexity index is 688. The number of nitrogen functional groups attached to an aromatic ring is 1. The Hall–Kier alpha value is -1.80. The third kappa shape index (κ3) is 1.32. The van der Waals surface area contributed by atoms with Crippen LogP contribution in [-0.2, 0) is 4.74 Å². The van der Waals surface area contributed by atoms with E-state index >= 15 is 0 Å². The van der Waals surface area contributed by atoms with E-state index in [9.17, 15) is 4.39 Å². The fourth-order valence-corrected chi connectivity index (χ4v) is 3.34. The summed E-state index contributed by atoms with van der Waals surface area (Å²) in [6.45, 7) is 1.45. The van der Waals surface area contributed by atoms with E-state index in [0.717, 1.165) is 0 Å². The van der Waals surface area contributed by atoms with Crippen LogP contribution >= 0.6 is 0 Å². The molecule has 0 aromatic carbocycles. The zero-order chi connectivity index (χ0) is 14.1. The Kier molecular flexibility index (Phi) is 2.18. The number of aliphatic hydroxyl groups is 1. The molecule has 4 rings (SSSR count). The van der Waals surface area contributed by atoms with Gasteiger partial charge in [-0.1, -0.05) is 0 Å². The number of hydrogen-bond acceptors (Lipinski definition) is 6. The molecule has 20 heavy (non-hydrogen) atoms. The molecule has 2 aromatic heterocycles. The van der Waals surface area contributed by atoms with Gasteiger partial charge in [-0.15, -0.1) is 0 Å². The SMILES string of the molecule is CC1(F)C(c2cnc3c(N)ncnn23)OC2C(CO)C21. The maximum Gasteiger partial charge on any atom is 0.196 e. The monoisotopic (exact) mass is 279 g/mol. The summed E-state index contributed by atoms with van der Waals surface area (Å²) in [5, 5.41) is 13.2. The van der Waals surface area contributed by atoms with Gasteiger partial charge in [-0.2, -0.15) is 5.10 Å². The smallest absolute Gasteiger partial charge is 0.196 e. The van der Waals surface area contributed by atoms with Gasteiger partial charge in [0.05, 0.1) is 18.0 Å². The lowest BCUT2D eigenvalue weighted by atomic mass is 9.93. The minimum atomic E-state index is -1.56. The maximum absolute atomic E-state index is 15.0. The second kappa shape index (κ2) is 3.64. The summed E-state index contributed by atoms with van der Waals surface area (Å²) in [5.41, 5.74) is 5.06. The normalized spacial score (nSPS) is 39.1. The third-order valence-electron chi connectivity index (χ3n) is 4.39. The summed E-state index contributed by atoms with van der Waals surface area (Å²) < 4.78 is 22.2. The lowest BCUT2D eigenvalue weighted by Gasteiger charge is -2.25. The highest BCUT2D eigenvalue weighted by molar-refractivity contribution is 5.59. The van der Waals surface area contributed by atoms with Crippen LogP contribution in [0, 0.1) is 11.8 Å². The van der Waals surface area contributed by atoms with Crippen LogP contribution in [0.2, 0.25) is 0 Å². The topological polar surface area (TPSA) is 98.6 Å². The van der Waals surface area contributed by atoms with E-state index in [1.165, 1.54) is 24.0 Å². The molecular weight excluding hydrogens is 265 g/mol. The Morgan fingerprint density at radius 2 is 2.35 bits per heavy atom. The van der Waals surface area contributed by atoms with Crippen LogP contribution in [0.15, 0.2) is 12.5 Å². The molecule has 8 heteroatoms. The van der Waals surface area contributed by atoms with Crippen LogP contribution in [0.25, 0.3) is 5.65 Å². The Morgan fingerprint density at radius 1 is 1.55 bits per heavy atom. The first-order chi connectivity index (χ1) is 9.55. The molecule has 2 fully saturated rings. The summed E-state index contributed by atoms with van der Waals surface area (Å²) >= 11 is 0. The summed E-state index contributed by atoms with van der Waals surface area (Å²) in [6.07, 6.45) is 1.82. The number of halogens is 1. The van der Waals surface area contributed by atoms with Crippen molar-refractivity contribution in [1.29, 1.82) is 0 Å². The van der Waals surface area contributed by atoms with E-state index < -0.39 is 11.8 Å². The van der Waals surface area contributed by atoms with E-state index in [4.69, 9.17) is 15.6 Å². The van der Waals surface area contributed by atoms with Gasteiger partial charge in [0.25, 0.3) is 0 Å². The molecule has 7 nitrogen and oxygen atoms in total. The van der Waals surface area contributed by atoms with E-state index in [1.54, 1.807) is 0 Å². The highest BCUT2D eigenvalue weighted by Crippen LogP contribution is 2.63. The van der Waals surface area contributed by atoms with Gasteiger partial charge in [0, 0.05) is 18.4 Å². The van der Waals surface area contributed by atoms with Crippen LogP contribution in [0.1, 0.15) is 18.7 Å². The number of ether oxygens (including phenoxy) is 1. The van der Waals surface area contributed by atoms with Gasteiger partial charge in [-0.05, 0) is 6.92 Å². The number of hydrogen-bond donors (Lipinski definition) is 2. The molecule has 5 unspecified atom stereocenters. The fourth-order valence-electron chi connectivity index (χ4n) is 3.34. The number of nitrogens with two attached hydrogens (primary N) is 1. The Labute approximate surface area is 113 Å². The highest BCUT2D eigenvalue weighted by atomic mass is 19.1. The van der Waals surface area contributed by atoms with Gasteiger partial charge in [-0.3, -0.25) is 0 Å². The number of alkyl halides is 1. The van der Waals surface area contributed by atoms with E-state index in [1.807, 2.05) is 0 Å². The van der Waals surface area contributed by atoms with E-state index in [0.29, 0.717) is 11.3 Å². The molecular formula is C12H14FN5O2. The fraction of sp³-hybridized carbons (Fsp3) is 0.583. The Balaban J connectivity index is 1.77. The molecule has 1 saturated heterocycles. The molecule has 5 atom stereocenters. The molecule has 1 saturated carbocycles. The van der Waals surface area contributed by atoms with Gasteiger partial charge in [0.2, 0.25) is 0 Å². The van der Waals surface area contributed by atoms with Crippen LogP contribution in [-0.4, -0.2) is 43.1 Å². The van der Waals surface area contributed by atoms with Crippen LogP contribution < -0.4 is 5.73 Å². The summed E-state index contributed by atoms with van der Waals surface area (Å²) in [4.78, 5) is 7.97. The van der Waals surface area contributed by atoms with Crippen molar-refractivity contribution < 1.29 is 14.2 Å². The molecule has 2 aliphatic rings. The van der Waals surface area contributed by atoms with Crippen molar-refractivity contribution in [2.75, 3.05) is 12.3 Å². The molecule has 0 amide bonds. The standard InChI is InChI=1S/C12H14FN5O2/c1-12(13)7-5(3-19)8(7)20-9(12)6-2-15-11-10(14)16-4-17-18(6)11/h2,4-5,7-9,19H,3H2,1H3,(H2,14,16,17). The highest BCUT2D eigenvalue weighted by Gasteiger charge is 2.70. The van der Waals surface area contributed by atoms with Crippen molar-refractivity contribution in [1.82, 2.24) is 19.6 Å². The molecule has 1 aliphatic carbocycles. The average molecular weight is 279 g/mol. The lowest BCUT2D eigenvalue weighted by molar-refractivity contribution is -0.0336. The molecule has 3 heterocycles. The number of rotatable bonds is 2. The lowest BCUT2D eigenvalue weighted by Crippen LogP contribution is -2.30. The molecule has 3 N–H and O–H groups in total. The van der Waals surface area contributed by atoms with Crippen LogP contribution in [0.3, 0.4) is 0 Å². The van der Waals surface area contributed by atoms with Crippen LogP contribution in [0.4, 0.5) is 10.2 Å². The molecule has 0 spiro atoms. The predicted octanol–water partition coefficient (Wildman–Crippen LogP) is 0.113. The van der Waals surface area contributed by atoms with Crippen molar-refractivity contribution in [2.45, 2.75) is 24.8 Å². The van der Waals surface area contributed by atoms with Gasteiger partial charge < -0.3 is 15.6 Å². The van der Waals surface area contributed by atoms with E-state index in [2.05, 4.69) is 15.1 Å². The first kappa shape index (κ1) is 12.0. The molecule has 2 aromatic rings. The number of aliphatic hydroxyl groups excluding tert-OH is 1. The maximum atomic E-state index is 15.0. The quantitative estimate of drug-likeness (QED) is 0.809. The van der Waals surface area contributed by atoms with Crippen molar-refractivity contribution in [3.05, 3.63) is 18.2 Å².